The first-order valence-corrected chi connectivity index (χ1v) is 12.4. The lowest BCUT2D eigenvalue weighted by Gasteiger charge is -2.27. The minimum Gasteiger partial charge on any atom is -0.486 e. The smallest absolute Gasteiger partial charge is 0.243 e. The summed E-state index contributed by atoms with van der Waals surface area (Å²) in [5.74, 6) is 0.669. The summed E-state index contributed by atoms with van der Waals surface area (Å²) in [6, 6.07) is 14.0. The van der Waals surface area contributed by atoms with Crippen LogP contribution in [0.4, 0.5) is 0 Å². The van der Waals surface area contributed by atoms with E-state index in [1.807, 2.05) is 50.4 Å². The minimum absolute atomic E-state index is 0.149. The van der Waals surface area contributed by atoms with Crippen molar-refractivity contribution in [3.8, 4) is 5.75 Å². The first kappa shape index (κ1) is 22.7. The number of ether oxygens (including phenoxy) is 1. The number of rotatable bonds is 9. The summed E-state index contributed by atoms with van der Waals surface area (Å²) in [4.78, 5) is 4.88. The zero-order valence-electron chi connectivity index (χ0n) is 17.2. The Hall–Kier alpha value is -1.93. The fourth-order valence-corrected chi connectivity index (χ4v) is 5.43. The molecule has 0 radical (unpaired) electrons. The molecule has 1 heterocycles. The molecule has 1 aromatic heterocycles. The number of aryl methyl sites for hydroxylation is 1. The van der Waals surface area contributed by atoms with Crippen LogP contribution in [0.1, 0.15) is 36.5 Å². The van der Waals surface area contributed by atoms with Crippen LogP contribution < -0.4 is 4.74 Å². The second kappa shape index (κ2) is 9.92. The van der Waals surface area contributed by atoms with E-state index in [0.717, 1.165) is 10.6 Å². The largest absolute Gasteiger partial charge is 0.486 e. The van der Waals surface area contributed by atoms with E-state index < -0.39 is 10.0 Å². The SMILES string of the molecule is CC[C@@H](C)N(Cc1csc(COc2cccc(Cl)c2)n1)S(=O)(=O)c1ccc(C)cc1. The highest BCUT2D eigenvalue weighted by molar-refractivity contribution is 7.89. The first-order valence-electron chi connectivity index (χ1n) is 9.69. The number of sulfonamides is 1. The van der Waals surface area contributed by atoms with E-state index in [1.165, 1.54) is 15.6 Å². The summed E-state index contributed by atoms with van der Waals surface area (Å²) in [5, 5.41) is 3.27. The van der Waals surface area contributed by atoms with E-state index in [9.17, 15) is 8.42 Å². The molecule has 5 nitrogen and oxygen atoms in total. The summed E-state index contributed by atoms with van der Waals surface area (Å²) in [6.45, 7) is 6.36. The van der Waals surface area contributed by atoms with Crippen LogP contribution >= 0.6 is 22.9 Å². The molecule has 8 heteroatoms. The second-order valence-electron chi connectivity index (χ2n) is 7.10. The molecule has 0 saturated heterocycles. The number of hydrogen-bond acceptors (Lipinski definition) is 5. The molecule has 0 aliphatic heterocycles. The van der Waals surface area contributed by atoms with Gasteiger partial charge in [0.1, 0.15) is 17.4 Å². The zero-order chi connectivity index (χ0) is 21.7. The maximum atomic E-state index is 13.3. The lowest BCUT2D eigenvalue weighted by Crippen LogP contribution is -2.37. The molecule has 0 aliphatic rings. The van der Waals surface area contributed by atoms with Crippen molar-refractivity contribution < 1.29 is 13.2 Å². The maximum absolute atomic E-state index is 13.3. The lowest BCUT2D eigenvalue weighted by molar-refractivity contribution is 0.302. The molecular formula is C22H25ClN2O3S2. The van der Waals surface area contributed by atoms with Gasteiger partial charge in [-0.3, -0.25) is 0 Å². The third-order valence-electron chi connectivity index (χ3n) is 4.79. The Morgan fingerprint density at radius 2 is 1.93 bits per heavy atom. The number of nitrogens with zero attached hydrogens (tertiary/aromatic N) is 2. The third-order valence-corrected chi connectivity index (χ3v) is 7.87. The quantitative estimate of drug-likeness (QED) is 0.409. The van der Waals surface area contributed by atoms with Crippen molar-refractivity contribution in [1.82, 2.24) is 9.29 Å². The monoisotopic (exact) mass is 464 g/mol. The van der Waals surface area contributed by atoms with E-state index in [0.29, 0.717) is 34.4 Å². The third kappa shape index (κ3) is 5.60. The van der Waals surface area contributed by atoms with Crippen LogP contribution in [0.2, 0.25) is 5.02 Å². The van der Waals surface area contributed by atoms with E-state index >= 15 is 0 Å². The van der Waals surface area contributed by atoms with Crippen molar-refractivity contribution in [3.63, 3.8) is 0 Å². The van der Waals surface area contributed by atoms with Gasteiger partial charge in [0.15, 0.2) is 0 Å². The van der Waals surface area contributed by atoms with Gasteiger partial charge < -0.3 is 4.74 Å². The molecule has 2 aromatic carbocycles. The van der Waals surface area contributed by atoms with Gasteiger partial charge in [-0.2, -0.15) is 4.31 Å². The van der Waals surface area contributed by atoms with Crippen LogP contribution in [0.25, 0.3) is 0 Å². The highest BCUT2D eigenvalue weighted by atomic mass is 35.5. The number of hydrogen-bond donors (Lipinski definition) is 0. The molecule has 1 atom stereocenters. The van der Waals surface area contributed by atoms with Gasteiger partial charge >= 0.3 is 0 Å². The van der Waals surface area contributed by atoms with Gasteiger partial charge in [0.2, 0.25) is 10.0 Å². The predicted molar refractivity (Wildman–Crippen MR) is 122 cm³/mol. The topological polar surface area (TPSA) is 59.5 Å². The van der Waals surface area contributed by atoms with Gasteiger partial charge in [-0.05, 0) is 50.6 Å². The molecular weight excluding hydrogens is 440 g/mol. The Kier molecular flexibility index (Phi) is 7.52. The van der Waals surface area contributed by atoms with Gasteiger partial charge in [0.05, 0.1) is 17.1 Å². The zero-order valence-corrected chi connectivity index (χ0v) is 19.6. The Bertz CT molecular complexity index is 1080. The molecule has 0 saturated carbocycles. The van der Waals surface area contributed by atoms with Crippen LogP contribution in [0.3, 0.4) is 0 Å². The van der Waals surface area contributed by atoms with Gasteiger partial charge in [0.25, 0.3) is 0 Å². The van der Waals surface area contributed by atoms with E-state index in [-0.39, 0.29) is 12.6 Å². The predicted octanol–water partition coefficient (Wildman–Crippen LogP) is 5.67. The van der Waals surface area contributed by atoms with Crippen molar-refractivity contribution in [3.05, 3.63) is 75.2 Å². The van der Waals surface area contributed by atoms with Gasteiger partial charge in [-0.25, -0.2) is 13.4 Å². The number of benzene rings is 2. The molecule has 0 amide bonds. The standard InChI is InChI=1S/C22H25ClN2O3S2/c1-4-17(3)25(30(26,27)21-10-8-16(2)9-11-21)13-19-15-29-22(24-19)14-28-20-7-5-6-18(23)12-20/h5-12,15,17H,4,13-14H2,1-3H3/t17-/m1/s1. The van der Waals surface area contributed by atoms with E-state index in [2.05, 4.69) is 4.98 Å². The van der Waals surface area contributed by atoms with Gasteiger partial charge in [0, 0.05) is 16.4 Å². The Morgan fingerprint density at radius 3 is 2.60 bits per heavy atom. The number of halogens is 1. The van der Waals surface area contributed by atoms with Crippen LogP contribution in [0.5, 0.6) is 5.75 Å². The highest BCUT2D eigenvalue weighted by Gasteiger charge is 2.29. The van der Waals surface area contributed by atoms with Crippen LogP contribution in [-0.2, 0) is 23.2 Å². The molecule has 0 unspecified atom stereocenters. The molecule has 0 N–H and O–H groups in total. The van der Waals surface area contributed by atoms with Crippen molar-refractivity contribution in [2.45, 2.75) is 51.3 Å². The first-order chi connectivity index (χ1) is 14.3. The van der Waals surface area contributed by atoms with Gasteiger partial charge in [-0.15, -0.1) is 11.3 Å². The minimum atomic E-state index is -3.63. The average Bonchev–Trinajstić information content (AvgIpc) is 3.18. The molecule has 3 aromatic rings. The second-order valence-corrected chi connectivity index (χ2v) is 10.4. The fourth-order valence-electron chi connectivity index (χ4n) is 2.88. The fraction of sp³-hybridized carbons (Fsp3) is 0.318. The molecule has 0 bridgehead atoms. The molecule has 0 spiro atoms. The van der Waals surface area contributed by atoms with Crippen LogP contribution in [0.15, 0.2) is 58.8 Å². The summed E-state index contributed by atoms with van der Waals surface area (Å²) in [6.07, 6.45) is 0.708. The summed E-state index contributed by atoms with van der Waals surface area (Å²) >= 11 is 7.43. The normalized spacial score (nSPS) is 12.8. The van der Waals surface area contributed by atoms with Crippen molar-refractivity contribution in [1.29, 1.82) is 0 Å². The van der Waals surface area contributed by atoms with Crippen molar-refractivity contribution >= 4 is 33.0 Å². The summed E-state index contributed by atoms with van der Waals surface area (Å²) in [7, 11) is -3.63. The van der Waals surface area contributed by atoms with E-state index in [1.54, 1.807) is 24.3 Å². The molecule has 3 rings (SSSR count). The Labute approximate surface area is 187 Å². The van der Waals surface area contributed by atoms with Crippen LogP contribution in [-0.4, -0.2) is 23.7 Å². The Balaban J connectivity index is 1.75. The Morgan fingerprint density at radius 1 is 1.20 bits per heavy atom. The van der Waals surface area contributed by atoms with Crippen molar-refractivity contribution in [2.24, 2.45) is 0 Å². The summed E-state index contributed by atoms with van der Waals surface area (Å²) < 4.78 is 33.8. The van der Waals surface area contributed by atoms with E-state index in [4.69, 9.17) is 16.3 Å². The average molecular weight is 465 g/mol. The number of thiazole rings is 1. The molecule has 0 aliphatic carbocycles. The maximum Gasteiger partial charge on any atom is 0.243 e. The van der Waals surface area contributed by atoms with Crippen molar-refractivity contribution in [2.75, 3.05) is 0 Å². The van der Waals surface area contributed by atoms with Gasteiger partial charge in [-0.1, -0.05) is 42.3 Å². The summed E-state index contributed by atoms with van der Waals surface area (Å²) in [5.41, 5.74) is 1.73. The molecule has 30 heavy (non-hydrogen) atoms. The van der Waals surface area contributed by atoms with Crippen LogP contribution in [0, 0.1) is 6.92 Å². The number of aromatic nitrogens is 1. The molecule has 0 fully saturated rings. The lowest BCUT2D eigenvalue weighted by atomic mass is 10.2. The molecule has 160 valence electrons. The highest BCUT2D eigenvalue weighted by Crippen LogP contribution is 2.24.